The molecule has 0 spiro atoms. The van der Waals surface area contributed by atoms with Gasteiger partial charge in [-0.05, 0) is 66.6 Å². The van der Waals surface area contributed by atoms with Crippen LogP contribution in [0.25, 0.3) is 6.08 Å². The lowest BCUT2D eigenvalue weighted by Gasteiger charge is -2.11. The minimum atomic E-state index is -3.76. The van der Waals surface area contributed by atoms with Gasteiger partial charge in [0, 0.05) is 23.9 Å². The molecule has 0 bridgehead atoms. The lowest BCUT2D eigenvalue weighted by molar-refractivity contribution is -0.384. The molecule has 0 saturated carbocycles. The van der Waals surface area contributed by atoms with Gasteiger partial charge in [-0.2, -0.15) is 0 Å². The molecule has 0 saturated heterocycles. The van der Waals surface area contributed by atoms with Gasteiger partial charge in [-0.15, -0.1) is 0 Å². The average Bonchev–Trinajstić information content (AvgIpc) is 2.74. The molecule has 0 radical (unpaired) electrons. The van der Waals surface area contributed by atoms with Crippen LogP contribution in [-0.2, 0) is 14.8 Å². The SMILES string of the molecule is Cc1ccccc1NS(=O)(=O)c1ccc(NC(=O)/C=C/c2ccc([N+](=O)[O-])cc2)cc1. The topological polar surface area (TPSA) is 118 Å². The van der Waals surface area contributed by atoms with E-state index in [1.807, 2.05) is 6.07 Å². The fourth-order valence-corrected chi connectivity index (χ4v) is 3.80. The standard InChI is InChI=1S/C22H19N3O5S/c1-16-4-2-3-5-21(16)24-31(29,30)20-13-9-18(10-14-20)23-22(26)15-8-17-6-11-19(12-7-17)25(27)28/h2-15,24H,1H3,(H,23,26)/b15-8+. The summed E-state index contributed by atoms with van der Waals surface area (Å²) in [7, 11) is -3.76. The van der Waals surface area contributed by atoms with E-state index in [1.54, 1.807) is 25.1 Å². The number of nitrogens with one attached hydrogen (secondary N) is 2. The number of nitro groups is 1. The second-order valence-electron chi connectivity index (χ2n) is 6.62. The highest BCUT2D eigenvalue weighted by molar-refractivity contribution is 7.92. The second-order valence-corrected chi connectivity index (χ2v) is 8.30. The van der Waals surface area contributed by atoms with Crippen LogP contribution in [0.15, 0.2) is 83.8 Å². The van der Waals surface area contributed by atoms with Crippen LogP contribution in [-0.4, -0.2) is 19.2 Å². The molecule has 0 aliphatic heterocycles. The summed E-state index contributed by atoms with van der Waals surface area (Å²) in [6.07, 6.45) is 2.80. The van der Waals surface area contributed by atoms with Crippen molar-refractivity contribution in [3.63, 3.8) is 0 Å². The van der Waals surface area contributed by atoms with E-state index in [9.17, 15) is 23.3 Å². The van der Waals surface area contributed by atoms with Crippen LogP contribution in [0.5, 0.6) is 0 Å². The van der Waals surface area contributed by atoms with Gasteiger partial charge in [-0.25, -0.2) is 8.42 Å². The highest BCUT2D eigenvalue weighted by atomic mass is 32.2. The minimum absolute atomic E-state index is 0.0337. The lowest BCUT2D eigenvalue weighted by Crippen LogP contribution is -2.14. The molecule has 0 aliphatic carbocycles. The molecule has 2 N–H and O–H groups in total. The number of para-hydroxylation sites is 1. The summed E-state index contributed by atoms with van der Waals surface area (Å²) < 4.78 is 27.7. The Kier molecular flexibility index (Phi) is 6.46. The molecule has 0 fully saturated rings. The predicted molar refractivity (Wildman–Crippen MR) is 119 cm³/mol. The maximum atomic E-state index is 12.6. The summed E-state index contributed by atoms with van der Waals surface area (Å²) in [4.78, 5) is 22.3. The molecular weight excluding hydrogens is 418 g/mol. The van der Waals surface area contributed by atoms with Gasteiger partial charge in [-0.3, -0.25) is 19.6 Å². The Labute approximate surface area is 179 Å². The zero-order valence-corrected chi connectivity index (χ0v) is 17.3. The number of carbonyl (C=O) groups excluding carboxylic acids is 1. The third kappa shape index (κ3) is 5.77. The van der Waals surface area contributed by atoms with Crippen molar-refractivity contribution >= 4 is 39.1 Å². The minimum Gasteiger partial charge on any atom is -0.323 e. The van der Waals surface area contributed by atoms with Gasteiger partial charge in [-0.1, -0.05) is 18.2 Å². The van der Waals surface area contributed by atoms with Crippen LogP contribution < -0.4 is 10.0 Å². The number of aryl methyl sites for hydroxylation is 1. The van der Waals surface area contributed by atoms with Crippen molar-refractivity contribution < 1.29 is 18.1 Å². The maximum absolute atomic E-state index is 12.6. The number of amides is 1. The molecule has 3 rings (SSSR count). The van der Waals surface area contributed by atoms with Gasteiger partial charge in [0.25, 0.3) is 15.7 Å². The largest absolute Gasteiger partial charge is 0.323 e. The molecule has 0 atom stereocenters. The Morgan fingerprint density at radius 2 is 1.61 bits per heavy atom. The van der Waals surface area contributed by atoms with Gasteiger partial charge in [0.05, 0.1) is 15.5 Å². The fourth-order valence-electron chi connectivity index (χ4n) is 2.67. The van der Waals surface area contributed by atoms with Gasteiger partial charge < -0.3 is 5.32 Å². The van der Waals surface area contributed by atoms with E-state index in [4.69, 9.17) is 0 Å². The summed E-state index contributed by atoms with van der Waals surface area (Å²) in [5.74, 6) is -0.424. The Morgan fingerprint density at radius 1 is 0.968 bits per heavy atom. The fraction of sp³-hybridized carbons (Fsp3) is 0.0455. The Morgan fingerprint density at radius 3 is 2.23 bits per heavy atom. The zero-order chi connectivity index (χ0) is 22.4. The molecule has 3 aromatic carbocycles. The molecule has 1 amide bonds. The Balaban J connectivity index is 1.63. The summed E-state index contributed by atoms with van der Waals surface area (Å²) in [6.45, 7) is 1.81. The first-order valence-electron chi connectivity index (χ1n) is 9.17. The number of rotatable bonds is 7. The van der Waals surface area contributed by atoms with E-state index >= 15 is 0 Å². The Bertz CT molecular complexity index is 1230. The van der Waals surface area contributed by atoms with Crippen molar-refractivity contribution in [1.29, 1.82) is 0 Å². The third-order valence-corrected chi connectivity index (χ3v) is 5.73. The first kappa shape index (κ1) is 21.7. The predicted octanol–water partition coefficient (Wildman–Crippen LogP) is 4.36. The van der Waals surface area contributed by atoms with Crippen LogP contribution in [0.3, 0.4) is 0 Å². The molecule has 0 heterocycles. The lowest BCUT2D eigenvalue weighted by atomic mass is 10.2. The van der Waals surface area contributed by atoms with E-state index in [2.05, 4.69) is 10.0 Å². The van der Waals surface area contributed by atoms with E-state index in [1.165, 1.54) is 60.7 Å². The molecule has 0 unspecified atom stereocenters. The van der Waals surface area contributed by atoms with Crippen molar-refractivity contribution in [3.8, 4) is 0 Å². The van der Waals surface area contributed by atoms with Gasteiger partial charge in [0.2, 0.25) is 5.91 Å². The Hall–Kier alpha value is -3.98. The van der Waals surface area contributed by atoms with E-state index < -0.39 is 20.9 Å². The van der Waals surface area contributed by atoms with Crippen LogP contribution in [0.2, 0.25) is 0 Å². The monoisotopic (exact) mass is 437 g/mol. The van der Waals surface area contributed by atoms with Crippen LogP contribution in [0.4, 0.5) is 17.1 Å². The molecule has 158 valence electrons. The maximum Gasteiger partial charge on any atom is 0.269 e. The number of hydrogen-bond acceptors (Lipinski definition) is 5. The number of sulfonamides is 1. The number of carbonyl (C=O) groups is 1. The van der Waals surface area contributed by atoms with Gasteiger partial charge >= 0.3 is 0 Å². The normalized spacial score (nSPS) is 11.3. The number of nitrogens with zero attached hydrogens (tertiary/aromatic N) is 1. The number of hydrogen-bond donors (Lipinski definition) is 2. The highest BCUT2D eigenvalue weighted by Crippen LogP contribution is 2.21. The van der Waals surface area contributed by atoms with Crippen molar-refractivity contribution in [2.75, 3.05) is 10.0 Å². The number of benzene rings is 3. The van der Waals surface area contributed by atoms with Crippen LogP contribution in [0, 0.1) is 17.0 Å². The molecular formula is C22H19N3O5S. The number of nitro benzene ring substituents is 1. The summed E-state index contributed by atoms with van der Waals surface area (Å²) in [5, 5.41) is 13.3. The van der Waals surface area contributed by atoms with Crippen molar-refractivity contribution in [2.24, 2.45) is 0 Å². The first-order chi connectivity index (χ1) is 14.7. The third-order valence-electron chi connectivity index (χ3n) is 4.35. The molecule has 3 aromatic rings. The smallest absolute Gasteiger partial charge is 0.269 e. The average molecular weight is 437 g/mol. The van der Waals surface area contributed by atoms with Crippen LogP contribution >= 0.6 is 0 Å². The molecule has 9 heteroatoms. The zero-order valence-electron chi connectivity index (χ0n) is 16.5. The van der Waals surface area contributed by atoms with Crippen molar-refractivity contribution in [3.05, 3.63) is 100 Å². The number of non-ortho nitro benzene ring substituents is 1. The van der Waals surface area contributed by atoms with Gasteiger partial charge in [0.1, 0.15) is 0 Å². The summed E-state index contributed by atoms with van der Waals surface area (Å²) >= 11 is 0. The molecule has 31 heavy (non-hydrogen) atoms. The van der Waals surface area contributed by atoms with Gasteiger partial charge in [0.15, 0.2) is 0 Å². The van der Waals surface area contributed by atoms with E-state index in [0.29, 0.717) is 16.9 Å². The van der Waals surface area contributed by atoms with Crippen molar-refractivity contribution in [2.45, 2.75) is 11.8 Å². The summed E-state index contributed by atoms with van der Waals surface area (Å²) in [6, 6.07) is 18.6. The molecule has 0 aromatic heterocycles. The summed E-state index contributed by atoms with van der Waals surface area (Å²) in [5.41, 5.74) is 2.32. The number of anilines is 2. The second kappa shape index (κ2) is 9.23. The van der Waals surface area contributed by atoms with Crippen LogP contribution in [0.1, 0.15) is 11.1 Å². The van der Waals surface area contributed by atoms with E-state index in [-0.39, 0.29) is 10.6 Å². The first-order valence-corrected chi connectivity index (χ1v) is 10.6. The highest BCUT2D eigenvalue weighted by Gasteiger charge is 2.15. The van der Waals surface area contributed by atoms with E-state index in [0.717, 1.165) is 5.56 Å². The molecule has 8 nitrogen and oxygen atoms in total. The quantitative estimate of drug-likeness (QED) is 0.323. The molecule has 0 aliphatic rings. The van der Waals surface area contributed by atoms with Crippen molar-refractivity contribution in [1.82, 2.24) is 0 Å².